The lowest BCUT2D eigenvalue weighted by Gasteiger charge is -2.51. The Bertz CT molecular complexity index is 543. The zero-order valence-electron chi connectivity index (χ0n) is 11.0. The first-order valence-electron chi connectivity index (χ1n) is 6.89. The summed E-state index contributed by atoms with van der Waals surface area (Å²) in [6.07, 6.45) is 5.19. The fourth-order valence-corrected chi connectivity index (χ4v) is 3.72. The van der Waals surface area contributed by atoms with Gasteiger partial charge in [-0.25, -0.2) is 0 Å². The van der Waals surface area contributed by atoms with Crippen molar-refractivity contribution in [1.29, 1.82) is 0 Å². The first-order valence-corrected chi connectivity index (χ1v) is 7.27. The van der Waals surface area contributed by atoms with E-state index in [2.05, 4.69) is 0 Å². The van der Waals surface area contributed by atoms with Crippen LogP contribution in [0.3, 0.4) is 0 Å². The van der Waals surface area contributed by atoms with Crippen LogP contribution in [0.4, 0.5) is 5.69 Å². The van der Waals surface area contributed by atoms with Gasteiger partial charge in [0.2, 0.25) is 0 Å². The highest BCUT2D eigenvalue weighted by atomic mass is 35.5. The third-order valence-electron chi connectivity index (χ3n) is 4.77. The maximum absolute atomic E-state index is 11.1. The van der Waals surface area contributed by atoms with Gasteiger partial charge in [-0.2, -0.15) is 0 Å². The molecule has 2 aliphatic rings. The molecule has 1 spiro atoms. The van der Waals surface area contributed by atoms with E-state index in [4.69, 9.17) is 22.1 Å². The molecule has 0 saturated heterocycles. The summed E-state index contributed by atoms with van der Waals surface area (Å²) in [6, 6.07) is 4.68. The van der Waals surface area contributed by atoms with Gasteiger partial charge in [0.05, 0.1) is 4.92 Å². The Morgan fingerprint density at radius 3 is 2.70 bits per heavy atom. The van der Waals surface area contributed by atoms with Crippen LogP contribution >= 0.6 is 11.6 Å². The highest BCUT2D eigenvalue weighted by Crippen LogP contribution is 2.54. The summed E-state index contributed by atoms with van der Waals surface area (Å²) in [5, 5.41) is 11.4. The zero-order chi connectivity index (χ0) is 14.3. The van der Waals surface area contributed by atoms with Gasteiger partial charge in [0.15, 0.2) is 5.75 Å². The van der Waals surface area contributed by atoms with E-state index in [-0.39, 0.29) is 23.2 Å². The lowest BCUT2D eigenvalue weighted by molar-refractivity contribution is -0.386. The molecule has 20 heavy (non-hydrogen) atoms. The number of hydrogen-bond acceptors (Lipinski definition) is 4. The van der Waals surface area contributed by atoms with E-state index >= 15 is 0 Å². The lowest BCUT2D eigenvalue weighted by Crippen LogP contribution is -2.62. The Morgan fingerprint density at radius 2 is 2.10 bits per heavy atom. The summed E-state index contributed by atoms with van der Waals surface area (Å²) >= 11 is 5.81. The molecule has 2 saturated carbocycles. The minimum absolute atomic E-state index is 0.0140. The summed E-state index contributed by atoms with van der Waals surface area (Å²) in [4.78, 5) is 10.6. The Labute approximate surface area is 122 Å². The molecule has 1 aromatic rings. The number of nitrogens with two attached hydrogens (primary N) is 1. The Hall–Kier alpha value is -1.33. The molecule has 2 fully saturated rings. The second kappa shape index (κ2) is 4.90. The van der Waals surface area contributed by atoms with Crippen molar-refractivity contribution >= 4 is 17.3 Å². The van der Waals surface area contributed by atoms with Crippen LogP contribution in [0, 0.1) is 15.5 Å². The van der Waals surface area contributed by atoms with Gasteiger partial charge in [-0.15, -0.1) is 0 Å². The van der Waals surface area contributed by atoms with Crippen molar-refractivity contribution in [1.82, 2.24) is 0 Å². The van der Waals surface area contributed by atoms with Gasteiger partial charge >= 0.3 is 5.69 Å². The van der Waals surface area contributed by atoms with Crippen molar-refractivity contribution in [3.05, 3.63) is 33.3 Å². The second-order valence-corrected chi connectivity index (χ2v) is 6.19. The van der Waals surface area contributed by atoms with E-state index in [1.54, 1.807) is 12.1 Å². The monoisotopic (exact) mass is 296 g/mol. The van der Waals surface area contributed by atoms with Gasteiger partial charge in [-0.3, -0.25) is 10.1 Å². The topological polar surface area (TPSA) is 78.4 Å². The molecule has 108 valence electrons. The fourth-order valence-electron chi connectivity index (χ4n) is 3.56. The molecule has 0 aromatic heterocycles. The number of benzene rings is 1. The summed E-state index contributed by atoms with van der Waals surface area (Å²) < 4.78 is 5.93. The molecule has 2 unspecified atom stereocenters. The van der Waals surface area contributed by atoms with Crippen LogP contribution < -0.4 is 10.5 Å². The molecule has 2 aliphatic carbocycles. The van der Waals surface area contributed by atoms with Crippen molar-refractivity contribution in [2.24, 2.45) is 11.1 Å². The van der Waals surface area contributed by atoms with Crippen molar-refractivity contribution in [2.75, 3.05) is 0 Å². The molecule has 0 amide bonds. The van der Waals surface area contributed by atoms with E-state index in [0.717, 1.165) is 32.1 Å². The summed E-state index contributed by atoms with van der Waals surface area (Å²) in [7, 11) is 0. The van der Waals surface area contributed by atoms with E-state index in [1.807, 2.05) is 0 Å². The van der Waals surface area contributed by atoms with Crippen LogP contribution in [0.1, 0.15) is 32.1 Å². The molecule has 3 rings (SSSR count). The van der Waals surface area contributed by atoms with Crippen LogP contribution in [-0.4, -0.2) is 17.1 Å². The van der Waals surface area contributed by atoms with Gasteiger partial charge in [0.1, 0.15) is 6.10 Å². The maximum Gasteiger partial charge on any atom is 0.312 e. The number of rotatable bonds is 3. The number of hydrogen-bond donors (Lipinski definition) is 1. The normalized spacial score (nSPS) is 27.3. The first-order chi connectivity index (χ1) is 9.53. The average molecular weight is 297 g/mol. The molecule has 2 atom stereocenters. The van der Waals surface area contributed by atoms with E-state index in [0.29, 0.717) is 10.8 Å². The molecule has 0 aliphatic heterocycles. The lowest BCUT2D eigenvalue weighted by atomic mass is 9.61. The summed E-state index contributed by atoms with van der Waals surface area (Å²) in [6.45, 7) is 0. The van der Waals surface area contributed by atoms with Crippen LogP contribution in [0.25, 0.3) is 0 Å². The SMILES string of the molecule is NC1CC(Oc2ccc(Cl)cc2[N+](=O)[O-])C12CCCC2. The molecule has 0 bridgehead atoms. The predicted octanol–water partition coefficient (Wildman–Crippen LogP) is 3.29. The first kappa shape index (κ1) is 13.6. The predicted molar refractivity (Wildman–Crippen MR) is 76.0 cm³/mol. The molecule has 5 nitrogen and oxygen atoms in total. The van der Waals surface area contributed by atoms with E-state index in [1.165, 1.54) is 6.07 Å². The molecular weight excluding hydrogens is 280 g/mol. The zero-order valence-corrected chi connectivity index (χ0v) is 11.8. The Morgan fingerprint density at radius 1 is 1.40 bits per heavy atom. The molecular formula is C14H17ClN2O3. The molecule has 1 aromatic carbocycles. The van der Waals surface area contributed by atoms with Crippen molar-refractivity contribution in [3.8, 4) is 5.75 Å². The van der Waals surface area contributed by atoms with E-state index < -0.39 is 4.92 Å². The maximum atomic E-state index is 11.1. The van der Waals surface area contributed by atoms with Crippen LogP contribution in [0.2, 0.25) is 5.02 Å². The molecule has 0 radical (unpaired) electrons. The van der Waals surface area contributed by atoms with Crippen molar-refractivity contribution in [2.45, 2.75) is 44.2 Å². The van der Waals surface area contributed by atoms with Gasteiger partial charge in [-0.1, -0.05) is 24.4 Å². The summed E-state index contributed by atoms with van der Waals surface area (Å²) in [5.74, 6) is 0.294. The van der Waals surface area contributed by atoms with Crippen molar-refractivity contribution < 1.29 is 9.66 Å². The number of halogens is 1. The largest absolute Gasteiger partial charge is 0.483 e. The van der Waals surface area contributed by atoms with Crippen LogP contribution in [0.5, 0.6) is 5.75 Å². The quantitative estimate of drug-likeness (QED) is 0.686. The van der Waals surface area contributed by atoms with Crippen LogP contribution in [0.15, 0.2) is 18.2 Å². The minimum Gasteiger partial charge on any atom is -0.483 e. The van der Waals surface area contributed by atoms with Crippen molar-refractivity contribution in [3.63, 3.8) is 0 Å². The van der Waals surface area contributed by atoms with E-state index in [9.17, 15) is 10.1 Å². The smallest absolute Gasteiger partial charge is 0.312 e. The molecule has 2 N–H and O–H groups in total. The van der Waals surface area contributed by atoms with Crippen LogP contribution in [-0.2, 0) is 0 Å². The molecule has 6 heteroatoms. The molecule has 0 heterocycles. The summed E-state index contributed by atoms with van der Waals surface area (Å²) in [5.41, 5.74) is 6.09. The van der Waals surface area contributed by atoms with Gasteiger partial charge in [0, 0.05) is 29.0 Å². The third kappa shape index (κ3) is 2.05. The minimum atomic E-state index is -0.457. The number of nitrogens with zero attached hydrogens (tertiary/aromatic N) is 1. The Kier molecular flexibility index (Phi) is 3.34. The number of ether oxygens (including phenoxy) is 1. The van der Waals surface area contributed by atoms with Gasteiger partial charge < -0.3 is 10.5 Å². The van der Waals surface area contributed by atoms with Gasteiger partial charge in [0.25, 0.3) is 0 Å². The highest BCUT2D eigenvalue weighted by molar-refractivity contribution is 6.30. The fraction of sp³-hybridized carbons (Fsp3) is 0.571. The standard InChI is InChI=1S/C14H17ClN2O3/c15-9-3-4-11(10(7-9)17(18)19)20-13-8-12(16)14(13)5-1-2-6-14/h3-4,7,12-13H,1-2,5-6,8,16H2. The third-order valence-corrected chi connectivity index (χ3v) is 5.00. The highest BCUT2D eigenvalue weighted by Gasteiger charge is 2.56. The van der Waals surface area contributed by atoms with Gasteiger partial charge in [-0.05, 0) is 25.0 Å². The number of nitro groups is 1. The second-order valence-electron chi connectivity index (χ2n) is 5.76. The number of nitro benzene ring substituents is 1. The average Bonchev–Trinajstić information content (AvgIpc) is 2.92. The Balaban J connectivity index is 1.84.